The molecule has 0 bridgehead atoms. The molecule has 0 spiro atoms. The minimum absolute atomic E-state index is 0.0241. The molecule has 0 saturated carbocycles. The van der Waals surface area contributed by atoms with Crippen molar-refractivity contribution in [2.45, 2.75) is 25.8 Å². The number of methoxy groups -OCH3 is 2. The van der Waals surface area contributed by atoms with E-state index in [1.165, 1.54) is 23.1 Å². The zero-order chi connectivity index (χ0) is 28.9. The van der Waals surface area contributed by atoms with Gasteiger partial charge in [0.05, 0.1) is 42.6 Å². The van der Waals surface area contributed by atoms with Crippen LogP contribution in [0.15, 0.2) is 81.8 Å². The zero-order valence-electron chi connectivity index (χ0n) is 23.0. The van der Waals surface area contributed by atoms with E-state index in [0.29, 0.717) is 52.1 Å². The molecule has 5 rings (SSSR count). The van der Waals surface area contributed by atoms with Crippen LogP contribution in [-0.2, 0) is 22.6 Å². The molecule has 0 fully saturated rings. The highest BCUT2D eigenvalue weighted by atomic mass is 32.2. The third-order valence-electron chi connectivity index (χ3n) is 7.16. The largest absolute Gasteiger partial charge is 0.493 e. The van der Waals surface area contributed by atoms with Crippen LogP contribution in [0.25, 0.3) is 0 Å². The van der Waals surface area contributed by atoms with E-state index >= 15 is 0 Å². The normalized spacial score (nSPS) is 16.4. The second-order valence-electron chi connectivity index (χ2n) is 9.62. The lowest BCUT2D eigenvalue weighted by atomic mass is 9.86. The standard InChI is InChI=1S/C31H30N4O4S2/c1-19-28(30(37)34-22-8-5-4-6-9-22)29(26-10-7-13-40-26)23(16-32)31(33-19)41-18-27(36)35-12-11-20-14-24(38-2)25(39-3)15-21(20)17-35/h4-10,13-15,29,33H,11-12,17-18H2,1-3H3,(H,34,37). The number of thiophene rings is 1. The highest BCUT2D eigenvalue weighted by Gasteiger charge is 2.36. The van der Waals surface area contributed by atoms with Crippen molar-refractivity contribution >= 4 is 40.6 Å². The SMILES string of the molecule is COc1cc2c(cc1OC)CN(C(=O)CSC1=C(C#N)C(c3cccs3)C(C(=O)Nc3ccccc3)=C(C)N1)CC2. The van der Waals surface area contributed by atoms with Crippen LogP contribution in [0.3, 0.4) is 0 Å². The fourth-order valence-corrected chi connectivity index (χ4v) is 6.95. The number of amides is 2. The first-order valence-electron chi connectivity index (χ1n) is 13.1. The van der Waals surface area contributed by atoms with E-state index in [1.807, 2.05) is 71.8 Å². The number of nitrogens with one attached hydrogen (secondary N) is 2. The Morgan fingerprint density at radius 3 is 2.51 bits per heavy atom. The van der Waals surface area contributed by atoms with Crippen LogP contribution < -0.4 is 20.1 Å². The number of dihydropyridines is 1. The van der Waals surface area contributed by atoms with E-state index in [-0.39, 0.29) is 17.6 Å². The first-order chi connectivity index (χ1) is 19.9. The number of hydrogen-bond donors (Lipinski definition) is 2. The van der Waals surface area contributed by atoms with Crippen molar-refractivity contribution in [3.05, 3.63) is 97.9 Å². The summed E-state index contributed by atoms with van der Waals surface area (Å²) in [6, 6.07) is 19.3. The highest BCUT2D eigenvalue weighted by molar-refractivity contribution is 8.03. The van der Waals surface area contributed by atoms with Gasteiger partial charge < -0.3 is 25.0 Å². The maximum Gasteiger partial charge on any atom is 0.254 e. The van der Waals surface area contributed by atoms with Gasteiger partial charge in [-0.1, -0.05) is 36.0 Å². The van der Waals surface area contributed by atoms with E-state index < -0.39 is 5.92 Å². The molecule has 3 heterocycles. The summed E-state index contributed by atoms with van der Waals surface area (Å²) in [6.45, 7) is 2.91. The van der Waals surface area contributed by atoms with Gasteiger partial charge in [-0.3, -0.25) is 9.59 Å². The molecule has 1 unspecified atom stereocenters. The van der Waals surface area contributed by atoms with E-state index in [1.54, 1.807) is 14.2 Å². The first-order valence-corrected chi connectivity index (χ1v) is 15.0. The molecule has 2 aliphatic rings. The Hall–Kier alpha value is -4.20. The van der Waals surface area contributed by atoms with Gasteiger partial charge in [0.15, 0.2) is 11.5 Å². The number of nitrogens with zero attached hydrogens (tertiary/aromatic N) is 2. The Morgan fingerprint density at radius 2 is 1.85 bits per heavy atom. The lowest BCUT2D eigenvalue weighted by Crippen LogP contribution is -2.37. The summed E-state index contributed by atoms with van der Waals surface area (Å²) >= 11 is 2.79. The molecule has 3 aromatic rings. The monoisotopic (exact) mass is 586 g/mol. The predicted octanol–water partition coefficient (Wildman–Crippen LogP) is 5.42. The number of hydrogen-bond acceptors (Lipinski definition) is 8. The number of allylic oxidation sites excluding steroid dienone is 2. The minimum Gasteiger partial charge on any atom is -0.493 e. The number of rotatable bonds is 8. The fourth-order valence-electron chi connectivity index (χ4n) is 5.11. The summed E-state index contributed by atoms with van der Waals surface area (Å²) in [6.07, 6.45) is 0.721. The number of carbonyl (C=O) groups is 2. The molecule has 0 aliphatic carbocycles. The van der Waals surface area contributed by atoms with Crippen molar-refractivity contribution in [3.63, 3.8) is 0 Å². The topological polar surface area (TPSA) is 104 Å². The highest BCUT2D eigenvalue weighted by Crippen LogP contribution is 2.42. The number of fused-ring (bicyclic) bond motifs is 1. The molecule has 2 amide bonds. The summed E-state index contributed by atoms with van der Waals surface area (Å²) in [5, 5.41) is 19.1. The van der Waals surface area contributed by atoms with Gasteiger partial charge in [0.25, 0.3) is 5.91 Å². The van der Waals surface area contributed by atoms with E-state index in [9.17, 15) is 14.9 Å². The van der Waals surface area contributed by atoms with Crippen LogP contribution >= 0.6 is 23.1 Å². The van der Waals surface area contributed by atoms with Crippen molar-refractivity contribution in [1.29, 1.82) is 5.26 Å². The van der Waals surface area contributed by atoms with E-state index in [4.69, 9.17) is 9.47 Å². The van der Waals surface area contributed by atoms with Gasteiger partial charge in [-0.2, -0.15) is 5.26 Å². The number of thioether (sulfide) groups is 1. The number of nitriles is 1. The van der Waals surface area contributed by atoms with Crippen molar-refractivity contribution in [2.24, 2.45) is 0 Å². The van der Waals surface area contributed by atoms with Gasteiger partial charge in [0, 0.05) is 34.9 Å². The third kappa shape index (κ3) is 5.97. The van der Waals surface area contributed by atoms with Crippen LogP contribution in [0.4, 0.5) is 5.69 Å². The van der Waals surface area contributed by atoms with Crippen molar-refractivity contribution in [2.75, 3.05) is 31.8 Å². The van der Waals surface area contributed by atoms with Crippen LogP contribution in [0, 0.1) is 11.3 Å². The molecule has 8 nitrogen and oxygen atoms in total. The summed E-state index contributed by atoms with van der Waals surface area (Å²) in [5.41, 5.74) is 4.42. The molecule has 10 heteroatoms. The second-order valence-corrected chi connectivity index (χ2v) is 11.6. The lowest BCUT2D eigenvalue weighted by molar-refractivity contribution is -0.129. The predicted molar refractivity (Wildman–Crippen MR) is 162 cm³/mol. The van der Waals surface area contributed by atoms with Crippen LogP contribution in [-0.4, -0.2) is 43.2 Å². The third-order valence-corrected chi connectivity index (χ3v) is 9.10. The average molecular weight is 587 g/mol. The molecular weight excluding hydrogens is 556 g/mol. The molecule has 41 heavy (non-hydrogen) atoms. The Morgan fingerprint density at radius 1 is 1.12 bits per heavy atom. The molecule has 2 aliphatic heterocycles. The molecule has 0 radical (unpaired) electrons. The quantitative estimate of drug-likeness (QED) is 0.363. The van der Waals surface area contributed by atoms with Gasteiger partial charge in [-0.25, -0.2) is 0 Å². The van der Waals surface area contributed by atoms with Crippen LogP contribution in [0.2, 0.25) is 0 Å². The second kappa shape index (κ2) is 12.5. The van der Waals surface area contributed by atoms with Crippen molar-refractivity contribution in [1.82, 2.24) is 10.2 Å². The average Bonchev–Trinajstić information content (AvgIpc) is 3.53. The Balaban J connectivity index is 1.35. The lowest BCUT2D eigenvalue weighted by Gasteiger charge is -2.31. The first kappa shape index (κ1) is 28.3. The van der Waals surface area contributed by atoms with Crippen LogP contribution in [0.5, 0.6) is 11.5 Å². The summed E-state index contributed by atoms with van der Waals surface area (Å²) in [7, 11) is 3.21. The molecule has 1 aromatic heterocycles. The fraction of sp³-hybridized carbons (Fsp3) is 0.258. The maximum atomic E-state index is 13.5. The van der Waals surface area contributed by atoms with Gasteiger partial charge in [0.2, 0.25) is 5.91 Å². The van der Waals surface area contributed by atoms with E-state index in [0.717, 1.165) is 22.4 Å². The Labute approximate surface area is 247 Å². The zero-order valence-corrected chi connectivity index (χ0v) is 24.7. The van der Waals surface area contributed by atoms with E-state index in [2.05, 4.69) is 16.7 Å². The number of para-hydroxylation sites is 1. The molecular formula is C31H30N4O4S2. The van der Waals surface area contributed by atoms with Crippen LogP contribution in [0.1, 0.15) is 28.8 Å². The molecule has 0 saturated heterocycles. The van der Waals surface area contributed by atoms with Gasteiger partial charge in [0.1, 0.15) is 0 Å². The number of benzene rings is 2. The Bertz CT molecular complexity index is 1560. The Kier molecular flexibility index (Phi) is 8.67. The van der Waals surface area contributed by atoms with Gasteiger partial charge in [-0.05, 0) is 60.2 Å². The van der Waals surface area contributed by atoms with Crippen molar-refractivity contribution in [3.8, 4) is 17.6 Å². The van der Waals surface area contributed by atoms with Gasteiger partial charge >= 0.3 is 0 Å². The smallest absolute Gasteiger partial charge is 0.254 e. The number of ether oxygens (including phenoxy) is 2. The summed E-state index contributed by atoms with van der Waals surface area (Å²) in [4.78, 5) is 29.5. The molecule has 2 aromatic carbocycles. The summed E-state index contributed by atoms with van der Waals surface area (Å²) < 4.78 is 10.9. The van der Waals surface area contributed by atoms with Crippen molar-refractivity contribution < 1.29 is 19.1 Å². The summed E-state index contributed by atoms with van der Waals surface area (Å²) in [5.74, 6) is 0.648. The number of carbonyl (C=O) groups excluding carboxylic acids is 2. The molecule has 210 valence electrons. The molecule has 2 N–H and O–H groups in total. The number of anilines is 1. The maximum absolute atomic E-state index is 13.5. The molecule has 1 atom stereocenters. The van der Waals surface area contributed by atoms with Gasteiger partial charge in [-0.15, -0.1) is 11.3 Å². The minimum atomic E-state index is -0.535.